The minimum absolute atomic E-state index is 0.669. The van der Waals surface area contributed by atoms with Crippen molar-refractivity contribution >= 4 is 0 Å². The lowest BCUT2D eigenvalue weighted by atomic mass is 10.1. The Morgan fingerprint density at radius 2 is 1.00 bits per heavy atom. The molecular formula is C26H31NO2. The third-order valence-electron chi connectivity index (χ3n) is 4.74. The van der Waals surface area contributed by atoms with Crippen molar-refractivity contribution in [1.29, 1.82) is 0 Å². The van der Waals surface area contributed by atoms with Crippen LogP contribution in [0.15, 0.2) is 91.0 Å². The summed E-state index contributed by atoms with van der Waals surface area (Å²) >= 11 is 0. The molecule has 0 aliphatic carbocycles. The number of benzene rings is 3. The third-order valence-corrected chi connectivity index (χ3v) is 4.74. The zero-order valence-electron chi connectivity index (χ0n) is 17.1. The van der Waals surface area contributed by atoms with Crippen molar-refractivity contribution in [2.24, 2.45) is 0 Å². The van der Waals surface area contributed by atoms with Gasteiger partial charge in [-0.25, -0.2) is 0 Å². The van der Waals surface area contributed by atoms with Crippen LogP contribution in [0.25, 0.3) is 0 Å². The maximum Gasteiger partial charge on any atom is 0.0716 e. The summed E-state index contributed by atoms with van der Waals surface area (Å²) in [7, 11) is 0. The molecule has 3 rings (SSSR count). The van der Waals surface area contributed by atoms with Gasteiger partial charge in [-0.1, -0.05) is 91.0 Å². The first-order chi connectivity index (χ1) is 14.4. The fourth-order valence-corrected chi connectivity index (χ4v) is 3.22. The van der Waals surface area contributed by atoms with Crippen molar-refractivity contribution in [2.75, 3.05) is 26.4 Å². The minimum atomic E-state index is 0.669. The molecule has 0 amide bonds. The highest BCUT2D eigenvalue weighted by atomic mass is 16.5. The van der Waals surface area contributed by atoms with Crippen molar-refractivity contribution in [3.63, 3.8) is 0 Å². The third kappa shape index (κ3) is 8.61. The standard InChI is InChI=1S/C26H31NO2/c1-4-11-24(12-5-1)21-27(22-25-13-6-2-7-14-25)17-20-28-18-10-19-29-23-26-15-8-3-9-16-26/h1-9,11-16H,10,17-23H2. The van der Waals surface area contributed by atoms with E-state index in [1.165, 1.54) is 16.7 Å². The van der Waals surface area contributed by atoms with Crippen LogP contribution in [0.2, 0.25) is 0 Å². The van der Waals surface area contributed by atoms with E-state index in [9.17, 15) is 0 Å². The first-order valence-electron chi connectivity index (χ1n) is 10.4. The van der Waals surface area contributed by atoms with Gasteiger partial charge < -0.3 is 9.47 Å². The first kappa shape index (κ1) is 21.3. The van der Waals surface area contributed by atoms with E-state index in [4.69, 9.17) is 9.47 Å². The number of ether oxygens (including phenoxy) is 2. The molecule has 0 fully saturated rings. The molecule has 0 aliphatic rings. The van der Waals surface area contributed by atoms with Crippen molar-refractivity contribution in [3.8, 4) is 0 Å². The number of nitrogens with zero attached hydrogens (tertiary/aromatic N) is 1. The SMILES string of the molecule is c1ccc(COCCCOCCN(Cc2ccccc2)Cc2ccccc2)cc1. The molecule has 3 aromatic carbocycles. The van der Waals surface area contributed by atoms with Gasteiger partial charge in [0.1, 0.15) is 0 Å². The van der Waals surface area contributed by atoms with Crippen LogP contribution in [-0.2, 0) is 29.2 Å². The smallest absolute Gasteiger partial charge is 0.0716 e. The van der Waals surface area contributed by atoms with Crippen molar-refractivity contribution in [1.82, 2.24) is 4.90 Å². The Morgan fingerprint density at radius 3 is 1.55 bits per heavy atom. The van der Waals surface area contributed by atoms with Crippen LogP contribution < -0.4 is 0 Å². The van der Waals surface area contributed by atoms with E-state index in [1.807, 2.05) is 18.2 Å². The Hall–Kier alpha value is -2.46. The van der Waals surface area contributed by atoms with E-state index in [0.29, 0.717) is 6.61 Å². The molecule has 29 heavy (non-hydrogen) atoms. The second-order valence-electron chi connectivity index (χ2n) is 7.19. The van der Waals surface area contributed by atoms with Crippen LogP contribution in [0, 0.1) is 0 Å². The van der Waals surface area contributed by atoms with Crippen LogP contribution in [-0.4, -0.2) is 31.3 Å². The minimum Gasteiger partial charge on any atom is -0.380 e. The highest BCUT2D eigenvalue weighted by Crippen LogP contribution is 2.10. The van der Waals surface area contributed by atoms with Gasteiger partial charge in [0.05, 0.1) is 13.2 Å². The Kier molecular flexibility index (Phi) is 9.45. The number of rotatable bonds is 13. The van der Waals surface area contributed by atoms with Gasteiger partial charge in [-0.05, 0) is 23.1 Å². The van der Waals surface area contributed by atoms with E-state index in [2.05, 4.69) is 77.7 Å². The van der Waals surface area contributed by atoms with Gasteiger partial charge in [0, 0.05) is 32.8 Å². The summed E-state index contributed by atoms with van der Waals surface area (Å²) < 4.78 is 11.6. The molecule has 0 N–H and O–H groups in total. The molecule has 0 bridgehead atoms. The second kappa shape index (κ2) is 12.9. The summed E-state index contributed by atoms with van der Waals surface area (Å²) in [6.45, 7) is 5.64. The van der Waals surface area contributed by atoms with E-state index >= 15 is 0 Å². The van der Waals surface area contributed by atoms with Gasteiger partial charge in [-0.2, -0.15) is 0 Å². The van der Waals surface area contributed by atoms with Crippen LogP contribution in [0.3, 0.4) is 0 Å². The first-order valence-corrected chi connectivity index (χ1v) is 10.4. The fourth-order valence-electron chi connectivity index (χ4n) is 3.22. The quantitative estimate of drug-likeness (QED) is 0.370. The normalized spacial score (nSPS) is 11.1. The molecular weight excluding hydrogens is 358 g/mol. The van der Waals surface area contributed by atoms with Crippen LogP contribution in [0.1, 0.15) is 23.1 Å². The Labute approximate surface area is 174 Å². The summed E-state index contributed by atoms with van der Waals surface area (Å²) in [4.78, 5) is 2.44. The Morgan fingerprint density at radius 1 is 0.517 bits per heavy atom. The monoisotopic (exact) mass is 389 g/mol. The van der Waals surface area contributed by atoms with Gasteiger partial charge in [0.15, 0.2) is 0 Å². The average molecular weight is 390 g/mol. The molecule has 0 atom stereocenters. The largest absolute Gasteiger partial charge is 0.380 e. The van der Waals surface area contributed by atoms with E-state index in [-0.39, 0.29) is 0 Å². The van der Waals surface area contributed by atoms with Gasteiger partial charge in [0.25, 0.3) is 0 Å². The summed E-state index contributed by atoms with van der Waals surface area (Å²) in [5.74, 6) is 0. The molecule has 0 saturated carbocycles. The predicted molar refractivity (Wildman–Crippen MR) is 119 cm³/mol. The summed E-state index contributed by atoms with van der Waals surface area (Å²) in [5, 5.41) is 0. The lowest BCUT2D eigenvalue weighted by Gasteiger charge is -2.22. The van der Waals surface area contributed by atoms with Gasteiger partial charge >= 0.3 is 0 Å². The second-order valence-corrected chi connectivity index (χ2v) is 7.19. The Bertz CT molecular complexity index is 736. The van der Waals surface area contributed by atoms with Crippen LogP contribution in [0.5, 0.6) is 0 Å². The van der Waals surface area contributed by atoms with Crippen LogP contribution in [0.4, 0.5) is 0 Å². The maximum atomic E-state index is 5.87. The zero-order valence-corrected chi connectivity index (χ0v) is 17.1. The molecule has 0 aromatic heterocycles. The average Bonchev–Trinajstić information content (AvgIpc) is 2.77. The number of hydrogen-bond acceptors (Lipinski definition) is 3. The van der Waals surface area contributed by atoms with E-state index < -0.39 is 0 Å². The molecule has 0 aliphatic heterocycles. The van der Waals surface area contributed by atoms with Crippen LogP contribution >= 0.6 is 0 Å². The predicted octanol–water partition coefficient (Wildman–Crippen LogP) is 5.31. The highest BCUT2D eigenvalue weighted by Gasteiger charge is 2.07. The molecule has 152 valence electrons. The van der Waals surface area contributed by atoms with Crippen molar-refractivity contribution in [3.05, 3.63) is 108 Å². The lowest BCUT2D eigenvalue weighted by Crippen LogP contribution is -2.27. The van der Waals surface area contributed by atoms with Gasteiger partial charge in [-0.3, -0.25) is 4.90 Å². The lowest BCUT2D eigenvalue weighted by molar-refractivity contribution is 0.0634. The molecule has 0 heterocycles. The molecule has 3 nitrogen and oxygen atoms in total. The molecule has 3 aromatic rings. The van der Waals surface area contributed by atoms with E-state index in [0.717, 1.165) is 45.9 Å². The highest BCUT2D eigenvalue weighted by molar-refractivity contribution is 5.17. The summed E-state index contributed by atoms with van der Waals surface area (Å²) in [6, 6.07) is 31.5. The molecule has 0 radical (unpaired) electrons. The topological polar surface area (TPSA) is 21.7 Å². The fraction of sp³-hybridized carbons (Fsp3) is 0.308. The summed E-state index contributed by atoms with van der Waals surface area (Å²) in [6.07, 6.45) is 0.921. The molecule has 0 spiro atoms. The molecule has 3 heteroatoms. The molecule has 0 unspecified atom stereocenters. The van der Waals surface area contributed by atoms with Crippen molar-refractivity contribution in [2.45, 2.75) is 26.1 Å². The zero-order chi connectivity index (χ0) is 20.0. The van der Waals surface area contributed by atoms with Gasteiger partial charge in [-0.15, -0.1) is 0 Å². The molecule has 0 saturated heterocycles. The maximum absolute atomic E-state index is 5.87. The van der Waals surface area contributed by atoms with E-state index in [1.54, 1.807) is 0 Å². The summed E-state index contributed by atoms with van der Waals surface area (Å²) in [5.41, 5.74) is 3.88. The Balaban J connectivity index is 1.34. The number of hydrogen-bond donors (Lipinski definition) is 0. The van der Waals surface area contributed by atoms with Gasteiger partial charge in [0.2, 0.25) is 0 Å². The van der Waals surface area contributed by atoms with Crippen molar-refractivity contribution < 1.29 is 9.47 Å².